The molecule has 1 heterocycles. The van der Waals surface area contributed by atoms with Crippen molar-refractivity contribution in [1.82, 2.24) is 15.4 Å². The molecular formula is C14H20N4. The van der Waals surface area contributed by atoms with Crippen molar-refractivity contribution in [3.63, 3.8) is 0 Å². The standard InChI is InChI=1S/C14H20N4/c1-2-3-4-9-13(18-15)14-10-16-11-7-5-6-8-12(11)17-14/h5-8,10,13,18H,2-4,9,15H2,1H3. The second-order valence-corrected chi connectivity index (χ2v) is 4.50. The Kier molecular flexibility index (Phi) is 4.61. The van der Waals surface area contributed by atoms with E-state index in [1.165, 1.54) is 12.8 Å². The Morgan fingerprint density at radius 2 is 2.00 bits per heavy atom. The molecule has 3 N–H and O–H groups in total. The second-order valence-electron chi connectivity index (χ2n) is 4.50. The van der Waals surface area contributed by atoms with E-state index in [-0.39, 0.29) is 6.04 Å². The van der Waals surface area contributed by atoms with Crippen LogP contribution in [0.15, 0.2) is 30.5 Å². The molecule has 0 spiro atoms. The summed E-state index contributed by atoms with van der Waals surface area (Å²) < 4.78 is 0. The lowest BCUT2D eigenvalue weighted by atomic mass is 10.1. The van der Waals surface area contributed by atoms with Gasteiger partial charge in [-0.3, -0.25) is 16.3 Å². The van der Waals surface area contributed by atoms with E-state index < -0.39 is 0 Å². The number of fused-ring (bicyclic) bond motifs is 1. The molecule has 18 heavy (non-hydrogen) atoms. The molecule has 1 aromatic carbocycles. The fourth-order valence-corrected chi connectivity index (χ4v) is 2.05. The number of nitrogens with two attached hydrogens (primary N) is 1. The molecule has 0 bridgehead atoms. The molecule has 4 nitrogen and oxygen atoms in total. The summed E-state index contributed by atoms with van der Waals surface area (Å²) in [7, 11) is 0. The number of benzene rings is 1. The Morgan fingerprint density at radius 1 is 1.22 bits per heavy atom. The summed E-state index contributed by atoms with van der Waals surface area (Å²) in [5.74, 6) is 5.61. The monoisotopic (exact) mass is 244 g/mol. The van der Waals surface area contributed by atoms with Gasteiger partial charge in [-0.15, -0.1) is 0 Å². The molecule has 2 rings (SSSR count). The third-order valence-electron chi connectivity index (χ3n) is 3.12. The van der Waals surface area contributed by atoms with Gasteiger partial charge in [0, 0.05) is 0 Å². The average molecular weight is 244 g/mol. The normalized spacial score (nSPS) is 12.8. The summed E-state index contributed by atoms with van der Waals surface area (Å²) in [5, 5.41) is 0. The summed E-state index contributed by atoms with van der Waals surface area (Å²) in [6.07, 6.45) is 6.40. The van der Waals surface area contributed by atoms with Gasteiger partial charge in [0.15, 0.2) is 0 Å². The molecule has 0 saturated heterocycles. The minimum absolute atomic E-state index is 0.0913. The average Bonchev–Trinajstić information content (AvgIpc) is 2.43. The van der Waals surface area contributed by atoms with Gasteiger partial charge in [-0.1, -0.05) is 38.3 Å². The molecule has 1 aromatic heterocycles. The van der Waals surface area contributed by atoms with Gasteiger partial charge >= 0.3 is 0 Å². The Bertz CT molecular complexity index is 498. The Morgan fingerprint density at radius 3 is 2.72 bits per heavy atom. The van der Waals surface area contributed by atoms with Gasteiger partial charge in [0.05, 0.1) is 29.0 Å². The molecule has 0 saturated carbocycles. The van der Waals surface area contributed by atoms with Crippen LogP contribution in [0.5, 0.6) is 0 Å². The number of hydrogen-bond acceptors (Lipinski definition) is 4. The Balaban J connectivity index is 2.17. The van der Waals surface area contributed by atoms with E-state index in [0.29, 0.717) is 0 Å². The topological polar surface area (TPSA) is 63.8 Å². The van der Waals surface area contributed by atoms with Crippen molar-refractivity contribution < 1.29 is 0 Å². The zero-order valence-corrected chi connectivity index (χ0v) is 10.8. The summed E-state index contributed by atoms with van der Waals surface area (Å²) in [5.41, 5.74) is 5.61. The van der Waals surface area contributed by atoms with Crippen molar-refractivity contribution in [1.29, 1.82) is 0 Å². The number of hydrogen-bond donors (Lipinski definition) is 2. The lowest BCUT2D eigenvalue weighted by Gasteiger charge is -2.15. The highest BCUT2D eigenvalue weighted by atomic mass is 15.2. The molecule has 0 fully saturated rings. The maximum Gasteiger partial charge on any atom is 0.0890 e. The predicted molar refractivity (Wildman–Crippen MR) is 73.7 cm³/mol. The van der Waals surface area contributed by atoms with Crippen LogP contribution in [0.1, 0.15) is 44.3 Å². The molecule has 0 aliphatic carbocycles. The van der Waals surface area contributed by atoms with Crippen LogP contribution in [0, 0.1) is 0 Å². The van der Waals surface area contributed by atoms with Crippen LogP contribution in [0.4, 0.5) is 0 Å². The van der Waals surface area contributed by atoms with Gasteiger partial charge in [0.2, 0.25) is 0 Å². The van der Waals surface area contributed by atoms with Gasteiger partial charge < -0.3 is 0 Å². The molecule has 0 aliphatic heterocycles. The quantitative estimate of drug-likeness (QED) is 0.466. The zero-order valence-electron chi connectivity index (χ0n) is 10.8. The van der Waals surface area contributed by atoms with Crippen LogP contribution in [0.3, 0.4) is 0 Å². The van der Waals surface area contributed by atoms with Crippen molar-refractivity contribution in [3.8, 4) is 0 Å². The first kappa shape index (κ1) is 12.9. The molecule has 2 aromatic rings. The van der Waals surface area contributed by atoms with E-state index in [9.17, 15) is 0 Å². The Labute approximate surface area is 108 Å². The number of nitrogens with zero attached hydrogens (tertiary/aromatic N) is 2. The first-order valence-corrected chi connectivity index (χ1v) is 6.53. The smallest absolute Gasteiger partial charge is 0.0890 e. The van der Waals surface area contributed by atoms with Gasteiger partial charge in [0.25, 0.3) is 0 Å². The van der Waals surface area contributed by atoms with Gasteiger partial charge in [-0.2, -0.15) is 0 Å². The van der Waals surface area contributed by atoms with Crippen LogP contribution < -0.4 is 11.3 Å². The van der Waals surface area contributed by atoms with Crippen LogP contribution in [-0.4, -0.2) is 9.97 Å². The summed E-state index contributed by atoms with van der Waals surface area (Å²) in [6, 6.07) is 7.98. The molecule has 0 amide bonds. The maximum absolute atomic E-state index is 5.61. The minimum atomic E-state index is 0.0913. The van der Waals surface area contributed by atoms with Crippen molar-refractivity contribution in [2.45, 2.75) is 38.6 Å². The van der Waals surface area contributed by atoms with E-state index in [1.807, 2.05) is 30.5 Å². The van der Waals surface area contributed by atoms with Crippen molar-refractivity contribution in [3.05, 3.63) is 36.2 Å². The lowest BCUT2D eigenvalue weighted by Crippen LogP contribution is -2.28. The van der Waals surface area contributed by atoms with Gasteiger partial charge in [0.1, 0.15) is 0 Å². The molecule has 4 heteroatoms. The van der Waals surface area contributed by atoms with Crippen LogP contribution in [0.2, 0.25) is 0 Å². The molecule has 96 valence electrons. The fraction of sp³-hybridized carbons (Fsp3) is 0.429. The number of nitrogens with one attached hydrogen (secondary N) is 1. The molecule has 0 radical (unpaired) electrons. The van der Waals surface area contributed by atoms with Crippen molar-refractivity contribution >= 4 is 11.0 Å². The third-order valence-corrected chi connectivity index (χ3v) is 3.12. The van der Waals surface area contributed by atoms with Crippen LogP contribution in [-0.2, 0) is 0 Å². The largest absolute Gasteiger partial charge is 0.271 e. The highest BCUT2D eigenvalue weighted by Gasteiger charge is 2.11. The van der Waals surface area contributed by atoms with E-state index in [2.05, 4.69) is 22.3 Å². The number of para-hydroxylation sites is 2. The highest BCUT2D eigenvalue weighted by Crippen LogP contribution is 2.18. The minimum Gasteiger partial charge on any atom is -0.271 e. The fourth-order valence-electron chi connectivity index (χ4n) is 2.05. The first-order chi connectivity index (χ1) is 8.85. The maximum atomic E-state index is 5.61. The number of rotatable bonds is 6. The highest BCUT2D eigenvalue weighted by molar-refractivity contribution is 5.73. The van der Waals surface area contributed by atoms with Gasteiger partial charge in [-0.25, -0.2) is 4.98 Å². The van der Waals surface area contributed by atoms with Crippen molar-refractivity contribution in [2.24, 2.45) is 5.84 Å². The summed E-state index contributed by atoms with van der Waals surface area (Å²) >= 11 is 0. The summed E-state index contributed by atoms with van der Waals surface area (Å²) in [4.78, 5) is 9.04. The number of hydrazine groups is 1. The summed E-state index contributed by atoms with van der Waals surface area (Å²) in [6.45, 7) is 2.20. The third kappa shape index (κ3) is 3.03. The Hall–Kier alpha value is -1.52. The van der Waals surface area contributed by atoms with Crippen LogP contribution in [0.25, 0.3) is 11.0 Å². The molecule has 1 unspecified atom stereocenters. The number of unbranched alkanes of at least 4 members (excludes halogenated alkanes) is 2. The van der Waals surface area contributed by atoms with E-state index in [0.717, 1.165) is 29.6 Å². The van der Waals surface area contributed by atoms with E-state index >= 15 is 0 Å². The zero-order chi connectivity index (χ0) is 12.8. The van der Waals surface area contributed by atoms with Crippen molar-refractivity contribution in [2.75, 3.05) is 0 Å². The van der Waals surface area contributed by atoms with E-state index in [1.54, 1.807) is 0 Å². The molecule has 0 aliphatic rings. The first-order valence-electron chi connectivity index (χ1n) is 6.53. The molecule has 1 atom stereocenters. The molecular weight excluding hydrogens is 224 g/mol. The van der Waals surface area contributed by atoms with Crippen LogP contribution >= 0.6 is 0 Å². The van der Waals surface area contributed by atoms with E-state index in [4.69, 9.17) is 5.84 Å². The lowest BCUT2D eigenvalue weighted by molar-refractivity contribution is 0.477. The SMILES string of the molecule is CCCCCC(NN)c1cnc2ccccc2n1. The predicted octanol–water partition coefficient (Wildman–Crippen LogP) is 2.71. The number of aromatic nitrogens is 2. The van der Waals surface area contributed by atoms with Gasteiger partial charge in [-0.05, 0) is 18.6 Å². The second kappa shape index (κ2) is 6.42.